The first-order chi connectivity index (χ1) is 8.88. The average molecular weight is 273 g/mol. The largest absolute Gasteiger partial charge is 0.416 e. The molecule has 0 spiro atoms. The number of nitrogens with two attached hydrogens (primary N) is 1. The molecule has 0 unspecified atom stereocenters. The van der Waals surface area contributed by atoms with Gasteiger partial charge in [-0.1, -0.05) is 0 Å². The van der Waals surface area contributed by atoms with Crippen LogP contribution in [-0.4, -0.2) is 31.1 Å². The lowest BCUT2D eigenvalue weighted by atomic mass is 10.1. The van der Waals surface area contributed by atoms with Crippen molar-refractivity contribution in [1.29, 1.82) is 0 Å². The van der Waals surface area contributed by atoms with Gasteiger partial charge >= 0.3 is 6.18 Å². The Morgan fingerprint density at radius 3 is 2.58 bits per heavy atom. The molecular formula is C13H18F3N3. The number of likely N-dealkylation sites (N-methyl/N-ethyl adjacent to an activating group) is 1. The van der Waals surface area contributed by atoms with E-state index in [2.05, 4.69) is 17.3 Å². The Hall–Kier alpha value is -1.43. The summed E-state index contributed by atoms with van der Waals surface area (Å²) in [6, 6.07) is 4.07. The molecule has 0 heterocycles. The molecule has 0 radical (unpaired) electrons. The molecule has 106 valence electrons. The second-order valence-electron chi connectivity index (χ2n) is 4.94. The molecule has 0 amide bonds. The van der Waals surface area contributed by atoms with E-state index in [0.29, 0.717) is 18.3 Å². The molecule has 3 N–H and O–H groups in total. The van der Waals surface area contributed by atoms with E-state index in [1.165, 1.54) is 18.9 Å². The van der Waals surface area contributed by atoms with Crippen LogP contribution in [0.15, 0.2) is 18.2 Å². The smallest absolute Gasteiger partial charge is 0.397 e. The molecule has 0 bridgehead atoms. The van der Waals surface area contributed by atoms with Crippen molar-refractivity contribution >= 4 is 11.4 Å². The molecule has 1 saturated carbocycles. The highest BCUT2D eigenvalue weighted by Gasteiger charge is 2.30. The first-order valence-electron chi connectivity index (χ1n) is 6.29. The Bertz CT molecular complexity index is 441. The van der Waals surface area contributed by atoms with Gasteiger partial charge in [0.25, 0.3) is 0 Å². The van der Waals surface area contributed by atoms with Crippen LogP contribution in [0.1, 0.15) is 18.4 Å². The molecule has 3 nitrogen and oxygen atoms in total. The molecule has 2 rings (SSSR count). The maximum Gasteiger partial charge on any atom is 0.416 e. The van der Waals surface area contributed by atoms with Crippen LogP contribution in [0.4, 0.5) is 24.5 Å². The van der Waals surface area contributed by atoms with Crippen LogP contribution in [0.2, 0.25) is 0 Å². The van der Waals surface area contributed by atoms with Crippen molar-refractivity contribution in [3.8, 4) is 0 Å². The maximum atomic E-state index is 12.5. The highest BCUT2D eigenvalue weighted by Crippen LogP contribution is 2.32. The van der Waals surface area contributed by atoms with Crippen molar-refractivity contribution in [3.63, 3.8) is 0 Å². The SMILES string of the molecule is CN(CCNc1ccc(C(F)(F)F)cc1N)C1CC1. The average Bonchev–Trinajstić information content (AvgIpc) is 3.13. The summed E-state index contributed by atoms with van der Waals surface area (Å²) in [6.07, 6.45) is -1.88. The van der Waals surface area contributed by atoms with Crippen molar-refractivity contribution in [3.05, 3.63) is 23.8 Å². The van der Waals surface area contributed by atoms with Crippen LogP contribution >= 0.6 is 0 Å². The molecule has 1 aromatic rings. The fraction of sp³-hybridized carbons (Fsp3) is 0.538. The quantitative estimate of drug-likeness (QED) is 0.811. The van der Waals surface area contributed by atoms with Crippen LogP contribution in [0, 0.1) is 0 Å². The van der Waals surface area contributed by atoms with Gasteiger partial charge < -0.3 is 16.0 Å². The first-order valence-corrected chi connectivity index (χ1v) is 6.29. The van der Waals surface area contributed by atoms with Crippen molar-refractivity contribution in [1.82, 2.24) is 4.90 Å². The molecule has 1 aliphatic rings. The van der Waals surface area contributed by atoms with Gasteiger partial charge in [0, 0.05) is 19.1 Å². The third-order valence-electron chi connectivity index (χ3n) is 3.33. The van der Waals surface area contributed by atoms with Gasteiger partial charge in [0.1, 0.15) is 0 Å². The van der Waals surface area contributed by atoms with Gasteiger partial charge in [0.15, 0.2) is 0 Å². The molecule has 6 heteroatoms. The van der Waals surface area contributed by atoms with Gasteiger partial charge in [-0.15, -0.1) is 0 Å². The molecule has 19 heavy (non-hydrogen) atoms. The number of nitrogens with zero attached hydrogens (tertiary/aromatic N) is 1. The first kappa shape index (κ1) is 14.0. The summed E-state index contributed by atoms with van der Waals surface area (Å²) in [5.74, 6) is 0. The van der Waals surface area contributed by atoms with E-state index in [-0.39, 0.29) is 5.69 Å². The minimum absolute atomic E-state index is 0.129. The van der Waals surface area contributed by atoms with Gasteiger partial charge in [-0.05, 0) is 38.1 Å². The zero-order chi connectivity index (χ0) is 14.0. The summed E-state index contributed by atoms with van der Waals surface area (Å²) in [7, 11) is 2.05. The summed E-state index contributed by atoms with van der Waals surface area (Å²) in [4.78, 5) is 2.24. The number of anilines is 2. The lowest BCUT2D eigenvalue weighted by Crippen LogP contribution is -2.27. The van der Waals surface area contributed by atoms with Crippen molar-refractivity contribution < 1.29 is 13.2 Å². The Kier molecular flexibility index (Phi) is 3.89. The Morgan fingerprint density at radius 2 is 2.05 bits per heavy atom. The van der Waals surface area contributed by atoms with E-state index < -0.39 is 11.7 Å². The summed E-state index contributed by atoms with van der Waals surface area (Å²) in [6.45, 7) is 1.52. The second kappa shape index (κ2) is 5.28. The molecule has 1 fully saturated rings. The number of halogens is 3. The van der Waals surface area contributed by atoms with Crippen molar-refractivity contribution in [2.75, 3.05) is 31.2 Å². The minimum Gasteiger partial charge on any atom is -0.397 e. The normalized spacial score (nSPS) is 15.8. The van der Waals surface area contributed by atoms with Gasteiger partial charge in [0.2, 0.25) is 0 Å². The van der Waals surface area contributed by atoms with E-state index in [1.54, 1.807) is 0 Å². The van der Waals surface area contributed by atoms with E-state index >= 15 is 0 Å². The zero-order valence-corrected chi connectivity index (χ0v) is 10.8. The summed E-state index contributed by atoms with van der Waals surface area (Å²) >= 11 is 0. The lowest BCUT2D eigenvalue weighted by molar-refractivity contribution is -0.137. The second-order valence-corrected chi connectivity index (χ2v) is 4.94. The van der Waals surface area contributed by atoms with Crippen LogP contribution < -0.4 is 11.1 Å². The van der Waals surface area contributed by atoms with Crippen LogP contribution in [0.25, 0.3) is 0 Å². The van der Waals surface area contributed by atoms with Crippen molar-refractivity contribution in [2.24, 2.45) is 0 Å². The number of nitrogen functional groups attached to an aromatic ring is 1. The van der Waals surface area contributed by atoms with E-state index in [0.717, 1.165) is 18.7 Å². The van der Waals surface area contributed by atoms with Crippen LogP contribution in [0.3, 0.4) is 0 Å². The Labute approximate surface area is 110 Å². The topological polar surface area (TPSA) is 41.3 Å². The number of hydrogen-bond acceptors (Lipinski definition) is 3. The van der Waals surface area contributed by atoms with Gasteiger partial charge in [-0.3, -0.25) is 0 Å². The molecule has 1 aromatic carbocycles. The highest BCUT2D eigenvalue weighted by atomic mass is 19.4. The number of hydrogen-bond donors (Lipinski definition) is 2. The molecule has 1 aliphatic carbocycles. The number of alkyl halides is 3. The fourth-order valence-electron chi connectivity index (χ4n) is 1.96. The fourth-order valence-corrected chi connectivity index (χ4v) is 1.96. The van der Waals surface area contributed by atoms with E-state index in [9.17, 15) is 13.2 Å². The molecule has 0 aliphatic heterocycles. The Morgan fingerprint density at radius 1 is 1.37 bits per heavy atom. The van der Waals surface area contributed by atoms with Gasteiger partial charge in [0.05, 0.1) is 16.9 Å². The van der Waals surface area contributed by atoms with Gasteiger partial charge in [-0.2, -0.15) is 13.2 Å². The number of rotatable bonds is 5. The zero-order valence-electron chi connectivity index (χ0n) is 10.8. The highest BCUT2D eigenvalue weighted by molar-refractivity contribution is 5.67. The molecular weight excluding hydrogens is 255 g/mol. The van der Waals surface area contributed by atoms with Crippen LogP contribution in [-0.2, 0) is 6.18 Å². The predicted molar refractivity (Wildman–Crippen MR) is 70.0 cm³/mol. The summed E-state index contributed by atoms with van der Waals surface area (Å²) < 4.78 is 37.4. The maximum absolute atomic E-state index is 12.5. The molecule has 0 atom stereocenters. The summed E-state index contributed by atoms with van der Waals surface area (Å²) in [5, 5.41) is 3.07. The van der Waals surface area contributed by atoms with Crippen LogP contribution in [0.5, 0.6) is 0 Å². The number of benzene rings is 1. The number of nitrogens with one attached hydrogen (secondary N) is 1. The standard InChI is InChI=1S/C13H18F3N3/c1-19(10-3-4-10)7-6-18-12-5-2-9(8-11(12)17)13(14,15)16/h2,5,8,10,18H,3-4,6-7,17H2,1H3. The van der Waals surface area contributed by atoms with E-state index in [4.69, 9.17) is 5.73 Å². The molecule has 0 aromatic heterocycles. The summed E-state index contributed by atoms with van der Waals surface area (Å²) in [5.41, 5.74) is 5.60. The predicted octanol–water partition coefficient (Wildman–Crippen LogP) is 2.79. The van der Waals surface area contributed by atoms with Gasteiger partial charge in [-0.25, -0.2) is 0 Å². The molecule has 0 saturated heterocycles. The third-order valence-corrected chi connectivity index (χ3v) is 3.33. The Balaban J connectivity index is 1.89. The third kappa shape index (κ3) is 3.76. The monoisotopic (exact) mass is 273 g/mol. The lowest BCUT2D eigenvalue weighted by Gasteiger charge is -2.17. The minimum atomic E-state index is -4.35. The van der Waals surface area contributed by atoms with Crippen molar-refractivity contribution in [2.45, 2.75) is 25.1 Å². The van der Waals surface area contributed by atoms with E-state index in [1.807, 2.05) is 0 Å².